The van der Waals surface area contributed by atoms with E-state index in [4.69, 9.17) is 4.74 Å². The molecule has 2 rings (SSSR count). The summed E-state index contributed by atoms with van der Waals surface area (Å²) in [6.45, 7) is 1.42. The fourth-order valence-electron chi connectivity index (χ4n) is 1.87. The second kappa shape index (κ2) is 6.56. The van der Waals surface area contributed by atoms with Gasteiger partial charge in [-0.25, -0.2) is 0 Å². The molecule has 0 aliphatic carbocycles. The molecule has 0 saturated heterocycles. The number of amides is 2. The number of hydrogen-bond acceptors (Lipinski definition) is 3. The SMILES string of the molecule is COc1ccc(NC(C)=O)cc1NC(=O)c1ccccc1. The van der Waals surface area contributed by atoms with Crippen LogP contribution in [0.3, 0.4) is 0 Å². The zero-order valence-corrected chi connectivity index (χ0v) is 11.8. The Balaban J connectivity index is 2.25. The lowest BCUT2D eigenvalue weighted by Crippen LogP contribution is -2.13. The number of carbonyl (C=O) groups excluding carboxylic acids is 2. The molecule has 0 spiro atoms. The van der Waals surface area contributed by atoms with E-state index in [2.05, 4.69) is 10.6 Å². The maximum atomic E-state index is 12.2. The van der Waals surface area contributed by atoms with E-state index in [9.17, 15) is 9.59 Å². The van der Waals surface area contributed by atoms with Gasteiger partial charge in [-0.05, 0) is 30.3 Å². The molecule has 108 valence electrons. The molecule has 0 heterocycles. The fraction of sp³-hybridized carbons (Fsp3) is 0.125. The standard InChI is InChI=1S/C16H16N2O3/c1-11(19)17-13-8-9-15(21-2)14(10-13)18-16(20)12-6-4-3-5-7-12/h3-10H,1-2H3,(H,17,19)(H,18,20). The number of rotatable bonds is 4. The van der Waals surface area contributed by atoms with Gasteiger partial charge in [-0.2, -0.15) is 0 Å². The predicted octanol–water partition coefficient (Wildman–Crippen LogP) is 2.91. The number of hydrogen-bond donors (Lipinski definition) is 2. The Morgan fingerprint density at radius 3 is 2.33 bits per heavy atom. The van der Waals surface area contributed by atoms with Crippen LogP contribution in [0.1, 0.15) is 17.3 Å². The fourth-order valence-corrected chi connectivity index (χ4v) is 1.87. The zero-order valence-electron chi connectivity index (χ0n) is 11.8. The molecule has 0 saturated carbocycles. The van der Waals surface area contributed by atoms with E-state index < -0.39 is 0 Å². The van der Waals surface area contributed by atoms with Gasteiger partial charge in [0, 0.05) is 18.2 Å². The van der Waals surface area contributed by atoms with Crippen LogP contribution in [0.15, 0.2) is 48.5 Å². The molecule has 0 bridgehead atoms. The highest BCUT2D eigenvalue weighted by Gasteiger charge is 2.10. The van der Waals surface area contributed by atoms with Gasteiger partial charge in [0.15, 0.2) is 0 Å². The van der Waals surface area contributed by atoms with Crippen molar-refractivity contribution < 1.29 is 14.3 Å². The Kier molecular flexibility index (Phi) is 4.56. The summed E-state index contributed by atoms with van der Waals surface area (Å²) in [4.78, 5) is 23.3. The number of carbonyl (C=O) groups is 2. The molecule has 0 aliphatic heterocycles. The van der Waals surface area contributed by atoms with Gasteiger partial charge in [0.2, 0.25) is 5.91 Å². The van der Waals surface area contributed by atoms with Crippen molar-refractivity contribution in [2.45, 2.75) is 6.92 Å². The highest BCUT2D eigenvalue weighted by molar-refractivity contribution is 6.05. The highest BCUT2D eigenvalue weighted by atomic mass is 16.5. The van der Waals surface area contributed by atoms with Crippen molar-refractivity contribution in [2.24, 2.45) is 0 Å². The minimum Gasteiger partial charge on any atom is -0.495 e. The average molecular weight is 284 g/mol. The molecule has 2 aromatic rings. The van der Waals surface area contributed by atoms with E-state index in [1.54, 1.807) is 42.5 Å². The van der Waals surface area contributed by atoms with E-state index >= 15 is 0 Å². The largest absolute Gasteiger partial charge is 0.495 e. The summed E-state index contributed by atoms with van der Waals surface area (Å²) in [7, 11) is 1.52. The van der Waals surface area contributed by atoms with Gasteiger partial charge in [0.1, 0.15) is 5.75 Å². The van der Waals surface area contributed by atoms with Gasteiger partial charge in [0.25, 0.3) is 5.91 Å². The third-order valence-electron chi connectivity index (χ3n) is 2.80. The molecule has 21 heavy (non-hydrogen) atoms. The van der Waals surface area contributed by atoms with Gasteiger partial charge < -0.3 is 15.4 Å². The molecule has 0 fully saturated rings. The molecule has 5 nitrogen and oxygen atoms in total. The van der Waals surface area contributed by atoms with Crippen LogP contribution >= 0.6 is 0 Å². The number of methoxy groups -OCH3 is 1. The van der Waals surface area contributed by atoms with Crippen LogP contribution in [-0.2, 0) is 4.79 Å². The van der Waals surface area contributed by atoms with Crippen molar-refractivity contribution in [3.8, 4) is 5.75 Å². The van der Waals surface area contributed by atoms with Gasteiger partial charge in [-0.15, -0.1) is 0 Å². The number of benzene rings is 2. The van der Waals surface area contributed by atoms with E-state index in [-0.39, 0.29) is 11.8 Å². The van der Waals surface area contributed by atoms with Crippen LogP contribution in [0.25, 0.3) is 0 Å². The summed E-state index contributed by atoms with van der Waals surface area (Å²) < 4.78 is 5.21. The lowest BCUT2D eigenvalue weighted by Gasteiger charge is -2.12. The van der Waals surface area contributed by atoms with E-state index in [1.165, 1.54) is 14.0 Å². The maximum Gasteiger partial charge on any atom is 0.255 e. The van der Waals surface area contributed by atoms with E-state index in [0.717, 1.165) is 0 Å². The Morgan fingerprint density at radius 2 is 1.71 bits per heavy atom. The van der Waals surface area contributed by atoms with Crippen molar-refractivity contribution in [2.75, 3.05) is 17.7 Å². The Hall–Kier alpha value is -2.82. The van der Waals surface area contributed by atoms with Gasteiger partial charge in [-0.1, -0.05) is 18.2 Å². The van der Waals surface area contributed by atoms with Gasteiger partial charge >= 0.3 is 0 Å². The number of nitrogens with one attached hydrogen (secondary N) is 2. The molecular formula is C16H16N2O3. The van der Waals surface area contributed by atoms with Crippen LogP contribution in [-0.4, -0.2) is 18.9 Å². The first-order chi connectivity index (χ1) is 10.1. The topological polar surface area (TPSA) is 67.4 Å². The maximum absolute atomic E-state index is 12.2. The molecule has 0 radical (unpaired) electrons. The summed E-state index contributed by atoms with van der Waals surface area (Å²) in [5.41, 5.74) is 1.63. The van der Waals surface area contributed by atoms with Crippen LogP contribution in [0, 0.1) is 0 Å². The first kappa shape index (κ1) is 14.6. The van der Waals surface area contributed by atoms with Crippen LogP contribution < -0.4 is 15.4 Å². The zero-order chi connectivity index (χ0) is 15.2. The first-order valence-electron chi connectivity index (χ1n) is 6.42. The van der Waals surface area contributed by atoms with Crippen molar-refractivity contribution >= 4 is 23.2 Å². The molecule has 0 atom stereocenters. The third-order valence-corrected chi connectivity index (χ3v) is 2.80. The van der Waals surface area contributed by atoms with Gasteiger partial charge in [0.05, 0.1) is 12.8 Å². The normalized spacial score (nSPS) is 9.81. The lowest BCUT2D eigenvalue weighted by atomic mass is 10.2. The molecule has 0 aliphatic rings. The smallest absolute Gasteiger partial charge is 0.255 e. The Labute approximate surface area is 122 Å². The summed E-state index contributed by atoms with van der Waals surface area (Å²) in [6, 6.07) is 13.9. The highest BCUT2D eigenvalue weighted by Crippen LogP contribution is 2.28. The second-order valence-electron chi connectivity index (χ2n) is 4.42. The van der Waals surface area contributed by atoms with E-state index in [1.807, 2.05) is 6.07 Å². The van der Waals surface area contributed by atoms with Crippen molar-refractivity contribution in [3.05, 3.63) is 54.1 Å². The van der Waals surface area contributed by atoms with Crippen molar-refractivity contribution in [3.63, 3.8) is 0 Å². The molecule has 5 heteroatoms. The summed E-state index contributed by atoms with van der Waals surface area (Å²) >= 11 is 0. The minimum atomic E-state index is -0.242. The lowest BCUT2D eigenvalue weighted by molar-refractivity contribution is -0.114. The molecule has 2 N–H and O–H groups in total. The molecule has 0 unspecified atom stereocenters. The monoisotopic (exact) mass is 284 g/mol. The van der Waals surface area contributed by atoms with Crippen molar-refractivity contribution in [1.82, 2.24) is 0 Å². The number of ether oxygens (including phenoxy) is 1. The summed E-state index contributed by atoms with van der Waals surface area (Å²) in [5, 5.41) is 5.44. The Bertz CT molecular complexity index is 654. The summed E-state index contributed by atoms with van der Waals surface area (Å²) in [5.74, 6) is 0.0998. The molecular weight excluding hydrogens is 268 g/mol. The number of anilines is 2. The first-order valence-corrected chi connectivity index (χ1v) is 6.42. The molecule has 2 amide bonds. The average Bonchev–Trinajstić information content (AvgIpc) is 2.48. The van der Waals surface area contributed by atoms with Crippen LogP contribution in [0.2, 0.25) is 0 Å². The van der Waals surface area contributed by atoms with Gasteiger partial charge in [-0.3, -0.25) is 9.59 Å². The second-order valence-corrected chi connectivity index (χ2v) is 4.42. The third kappa shape index (κ3) is 3.82. The van der Waals surface area contributed by atoms with Crippen molar-refractivity contribution in [1.29, 1.82) is 0 Å². The minimum absolute atomic E-state index is 0.180. The van der Waals surface area contributed by atoms with E-state index in [0.29, 0.717) is 22.7 Å². The quantitative estimate of drug-likeness (QED) is 0.907. The Morgan fingerprint density at radius 1 is 1.00 bits per heavy atom. The van der Waals surface area contributed by atoms with Crippen LogP contribution in [0.5, 0.6) is 5.75 Å². The predicted molar refractivity (Wildman–Crippen MR) is 81.7 cm³/mol. The van der Waals surface area contributed by atoms with Crippen LogP contribution in [0.4, 0.5) is 11.4 Å². The molecule has 2 aromatic carbocycles. The summed E-state index contributed by atoms with van der Waals surface area (Å²) in [6.07, 6.45) is 0. The molecule has 0 aromatic heterocycles.